The van der Waals surface area contributed by atoms with Gasteiger partial charge >= 0.3 is 0 Å². The first kappa shape index (κ1) is 2.91. The number of rotatable bonds is 0. The molecule has 0 radical (unpaired) electrons. The van der Waals surface area contributed by atoms with Crippen LogP contribution in [0.25, 0.3) is 0 Å². The van der Waals surface area contributed by atoms with E-state index in [1.165, 1.54) is 0 Å². The van der Waals surface area contributed by atoms with E-state index in [0.717, 1.165) is 25.1 Å². The van der Waals surface area contributed by atoms with E-state index in [1.807, 2.05) is 0 Å². The molecule has 0 nitrogen and oxygen atoms in total. The average molecular weight is 100 g/mol. The third-order valence-corrected chi connectivity index (χ3v) is 0. The van der Waals surface area contributed by atoms with Crippen molar-refractivity contribution < 1.29 is 0 Å². The Kier molecular flexibility index (Phi) is 40.1. The van der Waals surface area contributed by atoms with Gasteiger partial charge in [0, 0.05) is 0 Å². The summed E-state index contributed by atoms with van der Waals surface area (Å²) >= 11 is 2.00. The molecule has 0 saturated carbocycles. The Hall–Kier alpha value is 0.700. The molecule has 0 spiro atoms. The van der Waals surface area contributed by atoms with E-state index in [2.05, 4.69) is 0 Å². The second kappa shape index (κ2) is 55.0. The fourth-order valence-corrected chi connectivity index (χ4v) is 0. The van der Waals surface area contributed by atoms with Gasteiger partial charge in [-0.1, -0.05) is 0 Å². The van der Waals surface area contributed by atoms with Crippen molar-refractivity contribution >= 4 is 25.1 Å². The van der Waals surface area contributed by atoms with Gasteiger partial charge in [0.25, 0.3) is 0 Å². The summed E-state index contributed by atoms with van der Waals surface area (Å²) in [6, 6.07) is 0. The van der Waals surface area contributed by atoms with Gasteiger partial charge in [0.05, 0.1) is 0 Å². The Morgan fingerprint density at radius 3 is 1.50 bits per heavy atom. The second-order valence-electron chi connectivity index (χ2n) is 0. The molecule has 0 aromatic rings. The van der Waals surface area contributed by atoms with Crippen LogP contribution in [0.15, 0.2) is 0 Å². The lowest BCUT2D eigenvalue weighted by atomic mass is 12.0. The summed E-state index contributed by atoms with van der Waals surface area (Å²) in [5.74, 6) is 0. The molecule has 0 atom stereocenters. The predicted molar refractivity (Wildman–Crippen MR) is 29.8 cm³/mol. The average Bonchev–Trinajstić information content (AvgIpc) is 1.39. The van der Waals surface area contributed by atoms with Crippen LogP contribution in [0.4, 0.5) is 0 Å². The Morgan fingerprint density at radius 2 is 1.50 bits per heavy atom. The van der Waals surface area contributed by atoms with Crippen molar-refractivity contribution in [1.82, 2.24) is 0 Å². The third-order valence-electron chi connectivity index (χ3n) is 0. The largest absolute Gasteiger partial charge is 0.183 e. The molecule has 0 aliphatic heterocycles. The first-order valence-electron chi connectivity index (χ1n) is 1.63. The van der Waals surface area contributed by atoms with Crippen molar-refractivity contribution in [2.45, 2.75) is 0 Å². The van der Waals surface area contributed by atoms with Gasteiger partial charge in [0.1, 0.15) is 2.25 Å². The first-order valence-corrected chi connectivity index (χ1v) is 2.45. The molecular formula is C2H8S2. The van der Waals surface area contributed by atoms with Crippen molar-refractivity contribution in [1.29, 1.82) is 2.25 Å². The maximum atomic E-state index is 6.12. The van der Waals surface area contributed by atoms with Crippen LogP contribution >= 0.6 is 25.1 Å². The van der Waals surface area contributed by atoms with Gasteiger partial charge in [-0.25, -0.2) is 0 Å². The summed E-state index contributed by atoms with van der Waals surface area (Å²) in [6.45, 7) is 0. The van der Waals surface area contributed by atoms with Gasteiger partial charge in [-0.3, -0.25) is 0 Å². The minimum atomic E-state index is 1.000. The van der Waals surface area contributed by atoms with Crippen LogP contribution in [-0.2, 0) is 0 Å². The van der Waals surface area contributed by atoms with E-state index < -0.39 is 0 Å². The third kappa shape index (κ3) is 15.9. The van der Waals surface area contributed by atoms with Crippen LogP contribution in [0.2, 0.25) is 0 Å². The molecule has 0 heterocycles. The topological polar surface area (TPSA) is 0 Å². The molecule has 0 aliphatic carbocycles. The maximum Gasteiger partial charge on any atom is 0.102 e. The summed E-state index contributed by atoms with van der Waals surface area (Å²) < 4.78 is 12.2. The van der Waals surface area contributed by atoms with Crippen LogP contribution in [0, 0.1) is 0 Å². The van der Waals surface area contributed by atoms with Gasteiger partial charge in [0.15, 0.2) is 0 Å². The smallest absolute Gasteiger partial charge is 0.102 e. The zero-order valence-electron chi connectivity index (χ0n) is 4.82. The van der Waals surface area contributed by atoms with Crippen molar-refractivity contribution in [2.24, 2.45) is 0 Å². The molecule has 4 heavy (non-hydrogen) atoms. The highest BCUT2D eigenvalue weighted by atomic mass is 32.1. The number of hydrogen-bond donors (Lipinski definition) is 2. The molecule has 28 valence electrons. The summed E-state index contributed by atoms with van der Waals surface area (Å²) in [7, 11) is 0. The quantitative estimate of drug-likeness (QED) is 0.418. The fourth-order valence-electron chi connectivity index (χ4n) is 0. The lowest BCUT2D eigenvalue weighted by molar-refractivity contribution is 2.55. The van der Waals surface area contributed by atoms with Crippen molar-refractivity contribution in [3.05, 3.63) is 0 Å². The maximum absolute atomic E-state index is 6.12. The van der Waals surface area contributed by atoms with Crippen LogP contribution in [0.5, 0.6) is 0 Å². The van der Waals surface area contributed by atoms with Crippen molar-refractivity contribution in [3.8, 4) is 0 Å². The van der Waals surface area contributed by atoms with E-state index in [9.17, 15) is 0 Å². The number of thiol groups is 2. The molecule has 2 heteroatoms. The lowest BCUT2D eigenvalue weighted by Crippen LogP contribution is -0.865. The minimum absolute atomic E-state index is 1.000. The SMILES string of the molecule is [3H]SC.[3H]SC. The van der Waals surface area contributed by atoms with E-state index in [-0.39, 0.29) is 0 Å². The Bertz CT molecular complexity index is 11.5. The highest BCUT2D eigenvalue weighted by Gasteiger charge is 0.903. The van der Waals surface area contributed by atoms with Gasteiger partial charge in [-0.2, -0.15) is 25.1 Å². The Morgan fingerprint density at radius 1 is 1.50 bits per heavy atom. The molecule has 0 bridgehead atoms. The standard InChI is InChI=1S/2CH4S/c2*1-2/h2*2H,1H3/i/hT2. The van der Waals surface area contributed by atoms with Crippen LogP contribution < -0.4 is 0 Å². The highest BCUT2D eigenvalue weighted by molar-refractivity contribution is 7.79. The zero-order valence-corrected chi connectivity index (χ0v) is 4.45. The van der Waals surface area contributed by atoms with E-state index >= 15 is 0 Å². The van der Waals surface area contributed by atoms with Gasteiger partial charge in [-0.05, 0) is 12.5 Å². The zero-order chi connectivity index (χ0) is 5.41. The molecule has 0 unspecified atom stereocenters. The lowest BCUT2D eigenvalue weighted by Gasteiger charge is -1.11. The van der Waals surface area contributed by atoms with Gasteiger partial charge in [0.2, 0.25) is 0 Å². The summed E-state index contributed by atoms with van der Waals surface area (Å²) in [5, 5.41) is 0. The summed E-state index contributed by atoms with van der Waals surface area (Å²) in [5.41, 5.74) is 0. The van der Waals surface area contributed by atoms with Crippen LogP contribution in [0.1, 0.15) is 0 Å². The fraction of sp³-hybridized carbons (Fsp3) is 1.00. The molecule has 0 rings (SSSR count). The first-order chi connectivity index (χ1) is 2.83. The van der Waals surface area contributed by atoms with Gasteiger partial charge in [-0.15, -0.1) is 0 Å². The van der Waals surface area contributed by atoms with Crippen LogP contribution in [-0.4, -0.2) is 14.8 Å². The molecule has 0 saturated heterocycles. The monoisotopic (exact) mass is 100 g/mol. The highest BCUT2D eigenvalue weighted by Crippen LogP contribution is 1.31. The predicted octanol–water partition coefficient (Wildman–Crippen LogP) is 1.09. The number of hydrogen-bond acceptors (Lipinski definition) is 2. The second-order valence-corrected chi connectivity index (χ2v) is 0. The molecule has 0 aromatic carbocycles. The Labute approximate surface area is 40.6 Å². The van der Waals surface area contributed by atoms with Crippen molar-refractivity contribution in [2.75, 3.05) is 12.5 Å². The van der Waals surface area contributed by atoms with Gasteiger partial charge < -0.3 is 0 Å². The molecule has 0 N–H and O–H groups in total. The molecular weight excluding hydrogens is 88.2 g/mol. The Balaban J connectivity index is 0. The minimum Gasteiger partial charge on any atom is -0.183 e. The van der Waals surface area contributed by atoms with E-state index in [1.54, 1.807) is 12.5 Å². The molecule has 0 fully saturated rings. The van der Waals surface area contributed by atoms with Crippen LogP contribution in [0.3, 0.4) is 0 Å². The molecule has 0 aliphatic rings. The molecule has 0 amide bonds. The normalized spacial score (nSPS) is 9.50. The van der Waals surface area contributed by atoms with E-state index in [0.29, 0.717) is 0 Å². The van der Waals surface area contributed by atoms with E-state index in [4.69, 9.17) is 2.25 Å². The molecule has 0 aromatic heterocycles. The summed E-state index contributed by atoms with van der Waals surface area (Å²) in [6.07, 6.45) is 3.42. The van der Waals surface area contributed by atoms with Crippen molar-refractivity contribution in [3.63, 3.8) is 0 Å². The summed E-state index contributed by atoms with van der Waals surface area (Å²) in [4.78, 5) is 0.